The molecule has 0 amide bonds. The quantitative estimate of drug-likeness (QED) is 0.805. The summed E-state index contributed by atoms with van der Waals surface area (Å²) in [5.41, 5.74) is 8.06. The summed E-state index contributed by atoms with van der Waals surface area (Å²) in [6, 6.07) is 3.41. The molecule has 1 atom stereocenters. The van der Waals surface area contributed by atoms with E-state index in [0.29, 0.717) is 11.3 Å². The third-order valence-electron chi connectivity index (χ3n) is 3.03. The normalized spacial score (nSPS) is 11.9. The highest BCUT2D eigenvalue weighted by Crippen LogP contribution is 2.34. The van der Waals surface area contributed by atoms with Crippen molar-refractivity contribution >= 4 is 11.3 Å². The lowest BCUT2D eigenvalue weighted by molar-refractivity contribution is 0.618. The van der Waals surface area contributed by atoms with Gasteiger partial charge < -0.3 is 5.73 Å². The molecule has 0 spiro atoms. The van der Waals surface area contributed by atoms with Crippen molar-refractivity contribution in [1.82, 2.24) is 0 Å². The van der Waals surface area contributed by atoms with Crippen molar-refractivity contribution in [1.29, 1.82) is 5.26 Å². The SMILES string of the molecule is C=C(C)c1c(N)c(C(C)CC)cc(C#N)c1F. The Labute approximate surface area is 102 Å². The fourth-order valence-corrected chi connectivity index (χ4v) is 1.82. The van der Waals surface area contributed by atoms with Crippen molar-refractivity contribution in [3.63, 3.8) is 0 Å². The number of allylic oxidation sites excluding steroid dienone is 1. The molecule has 2 N–H and O–H groups in total. The zero-order chi connectivity index (χ0) is 13.2. The van der Waals surface area contributed by atoms with Gasteiger partial charge in [-0.15, -0.1) is 0 Å². The molecule has 0 aliphatic carbocycles. The van der Waals surface area contributed by atoms with E-state index in [1.807, 2.05) is 19.9 Å². The number of nitrogen functional groups attached to an aromatic ring is 1. The predicted molar refractivity (Wildman–Crippen MR) is 68.9 cm³/mol. The van der Waals surface area contributed by atoms with Crippen LogP contribution in [0.4, 0.5) is 10.1 Å². The smallest absolute Gasteiger partial charge is 0.150 e. The number of nitrogens with two attached hydrogens (primary N) is 1. The molecule has 0 saturated carbocycles. The molecule has 2 nitrogen and oxygen atoms in total. The van der Waals surface area contributed by atoms with Gasteiger partial charge in [-0.2, -0.15) is 5.26 Å². The number of nitriles is 1. The van der Waals surface area contributed by atoms with E-state index in [2.05, 4.69) is 6.58 Å². The minimum atomic E-state index is -0.565. The van der Waals surface area contributed by atoms with Crippen molar-refractivity contribution in [3.05, 3.63) is 35.2 Å². The maximum Gasteiger partial charge on any atom is 0.150 e. The van der Waals surface area contributed by atoms with Gasteiger partial charge in [0.1, 0.15) is 11.9 Å². The Balaban J connectivity index is 3.61. The van der Waals surface area contributed by atoms with Gasteiger partial charge in [0.15, 0.2) is 0 Å². The Morgan fingerprint density at radius 1 is 1.65 bits per heavy atom. The van der Waals surface area contributed by atoms with Gasteiger partial charge in [0.2, 0.25) is 0 Å². The van der Waals surface area contributed by atoms with Gasteiger partial charge in [0, 0.05) is 11.3 Å². The summed E-state index contributed by atoms with van der Waals surface area (Å²) < 4.78 is 14.0. The van der Waals surface area contributed by atoms with E-state index in [9.17, 15) is 4.39 Å². The number of anilines is 1. The molecular formula is C14H17FN2. The molecule has 0 bridgehead atoms. The maximum absolute atomic E-state index is 14.0. The fraction of sp³-hybridized carbons (Fsp3) is 0.357. The van der Waals surface area contributed by atoms with Crippen LogP contribution in [-0.4, -0.2) is 0 Å². The summed E-state index contributed by atoms with van der Waals surface area (Å²) in [5.74, 6) is -0.370. The van der Waals surface area contributed by atoms with Crippen molar-refractivity contribution < 1.29 is 4.39 Å². The van der Waals surface area contributed by atoms with Gasteiger partial charge in [-0.3, -0.25) is 0 Å². The zero-order valence-corrected chi connectivity index (χ0v) is 10.5. The molecule has 0 heterocycles. The number of hydrogen-bond donors (Lipinski definition) is 1. The van der Waals surface area contributed by atoms with Crippen LogP contribution < -0.4 is 5.73 Å². The molecule has 0 saturated heterocycles. The van der Waals surface area contributed by atoms with E-state index in [-0.39, 0.29) is 17.0 Å². The third kappa shape index (κ3) is 2.31. The lowest BCUT2D eigenvalue weighted by Crippen LogP contribution is -2.06. The van der Waals surface area contributed by atoms with Gasteiger partial charge in [0.05, 0.1) is 5.56 Å². The highest BCUT2D eigenvalue weighted by Gasteiger charge is 2.19. The largest absolute Gasteiger partial charge is 0.398 e. The highest BCUT2D eigenvalue weighted by molar-refractivity contribution is 5.77. The summed E-state index contributed by atoms with van der Waals surface area (Å²) in [6.45, 7) is 9.44. The second-order valence-electron chi connectivity index (χ2n) is 4.32. The van der Waals surface area contributed by atoms with Crippen molar-refractivity contribution in [2.45, 2.75) is 33.1 Å². The number of nitrogens with zero attached hydrogens (tertiary/aromatic N) is 1. The van der Waals surface area contributed by atoms with Crippen molar-refractivity contribution in [2.24, 2.45) is 0 Å². The molecule has 90 valence electrons. The van der Waals surface area contributed by atoms with Crippen LogP contribution in [-0.2, 0) is 0 Å². The molecule has 1 unspecified atom stereocenters. The molecule has 0 aliphatic heterocycles. The molecule has 1 aromatic rings. The summed E-state index contributed by atoms with van der Waals surface area (Å²) >= 11 is 0. The third-order valence-corrected chi connectivity index (χ3v) is 3.03. The van der Waals surface area contributed by atoms with Gasteiger partial charge in [-0.1, -0.05) is 20.4 Å². The van der Waals surface area contributed by atoms with E-state index in [0.717, 1.165) is 12.0 Å². The molecule has 1 rings (SSSR count). The Bertz CT molecular complexity index is 498. The first-order valence-electron chi connectivity index (χ1n) is 5.61. The first-order chi connectivity index (χ1) is 7.93. The van der Waals surface area contributed by atoms with E-state index in [1.54, 1.807) is 13.0 Å². The van der Waals surface area contributed by atoms with Crippen LogP contribution in [0.15, 0.2) is 12.6 Å². The van der Waals surface area contributed by atoms with Crippen LogP contribution in [0.3, 0.4) is 0 Å². The molecule has 17 heavy (non-hydrogen) atoms. The molecule has 3 heteroatoms. The van der Waals surface area contributed by atoms with Crippen LogP contribution in [0.2, 0.25) is 0 Å². The highest BCUT2D eigenvalue weighted by atomic mass is 19.1. The van der Waals surface area contributed by atoms with Crippen LogP contribution in [0, 0.1) is 17.1 Å². The fourth-order valence-electron chi connectivity index (χ4n) is 1.82. The molecule has 0 aliphatic rings. The van der Waals surface area contributed by atoms with E-state index < -0.39 is 5.82 Å². The second kappa shape index (κ2) is 5.01. The molecule has 0 fully saturated rings. The topological polar surface area (TPSA) is 49.8 Å². The van der Waals surface area contributed by atoms with E-state index in [1.165, 1.54) is 0 Å². The van der Waals surface area contributed by atoms with Gasteiger partial charge in [-0.05, 0) is 36.5 Å². The second-order valence-corrected chi connectivity index (χ2v) is 4.32. The summed E-state index contributed by atoms with van der Waals surface area (Å²) in [5, 5.41) is 8.93. The van der Waals surface area contributed by atoms with Crippen LogP contribution in [0.5, 0.6) is 0 Å². The number of hydrogen-bond acceptors (Lipinski definition) is 2. The van der Waals surface area contributed by atoms with E-state index in [4.69, 9.17) is 11.0 Å². The average Bonchev–Trinajstić information content (AvgIpc) is 2.28. The van der Waals surface area contributed by atoms with Crippen molar-refractivity contribution in [2.75, 3.05) is 5.73 Å². The van der Waals surface area contributed by atoms with Gasteiger partial charge >= 0.3 is 0 Å². The van der Waals surface area contributed by atoms with E-state index >= 15 is 0 Å². The molecule has 1 aromatic carbocycles. The standard InChI is InChI=1S/C14H17FN2/c1-5-9(4)11-6-10(7-16)13(15)12(8(2)3)14(11)17/h6,9H,2,5,17H2,1,3-4H3. The first kappa shape index (κ1) is 13.2. The van der Waals surface area contributed by atoms with Crippen LogP contribution >= 0.6 is 0 Å². The molecule has 0 aromatic heterocycles. The Hall–Kier alpha value is -1.82. The summed E-state index contributed by atoms with van der Waals surface area (Å²) in [7, 11) is 0. The molecule has 0 radical (unpaired) electrons. The van der Waals surface area contributed by atoms with Crippen LogP contribution in [0.1, 0.15) is 49.8 Å². The summed E-state index contributed by atoms with van der Waals surface area (Å²) in [6.07, 6.45) is 0.885. The number of rotatable bonds is 3. The van der Waals surface area contributed by atoms with Gasteiger partial charge in [-0.25, -0.2) is 4.39 Å². The first-order valence-corrected chi connectivity index (χ1v) is 5.61. The predicted octanol–water partition coefficient (Wildman–Crippen LogP) is 3.83. The Morgan fingerprint density at radius 2 is 2.24 bits per heavy atom. The average molecular weight is 232 g/mol. The number of benzene rings is 1. The number of halogens is 1. The van der Waals surface area contributed by atoms with Gasteiger partial charge in [0.25, 0.3) is 0 Å². The Morgan fingerprint density at radius 3 is 2.65 bits per heavy atom. The zero-order valence-electron chi connectivity index (χ0n) is 10.5. The minimum Gasteiger partial charge on any atom is -0.398 e. The molecular weight excluding hydrogens is 215 g/mol. The van der Waals surface area contributed by atoms with Crippen LogP contribution in [0.25, 0.3) is 5.57 Å². The van der Waals surface area contributed by atoms with Crippen molar-refractivity contribution in [3.8, 4) is 6.07 Å². The lowest BCUT2D eigenvalue weighted by Gasteiger charge is -2.17. The minimum absolute atomic E-state index is 0.0347. The monoisotopic (exact) mass is 232 g/mol. The maximum atomic E-state index is 14.0. The Kier molecular flexibility index (Phi) is 3.90. The summed E-state index contributed by atoms with van der Waals surface area (Å²) in [4.78, 5) is 0. The lowest BCUT2D eigenvalue weighted by atomic mass is 9.90.